The SMILES string of the molecule is CCCCN(C(=O)COc1cc(C)ccc1C)c1c(N)n(CC(C)C)c(=O)[nH]c1=O. The monoisotopic (exact) mass is 416 g/mol. The van der Waals surface area contributed by atoms with Crippen molar-refractivity contribution in [2.75, 3.05) is 23.8 Å². The van der Waals surface area contributed by atoms with Gasteiger partial charge in [-0.15, -0.1) is 0 Å². The highest BCUT2D eigenvalue weighted by molar-refractivity contribution is 5.96. The molecule has 0 aliphatic heterocycles. The number of anilines is 2. The highest BCUT2D eigenvalue weighted by atomic mass is 16.5. The van der Waals surface area contributed by atoms with E-state index in [9.17, 15) is 14.4 Å². The highest BCUT2D eigenvalue weighted by Gasteiger charge is 2.24. The Kier molecular flexibility index (Phi) is 7.86. The predicted octanol–water partition coefficient (Wildman–Crippen LogP) is 2.60. The first-order valence-corrected chi connectivity index (χ1v) is 10.3. The second-order valence-electron chi connectivity index (χ2n) is 7.95. The fraction of sp³-hybridized carbons (Fsp3) is 0.500. The van der Waals surface area contributed by atoms with Crippen LogP contribution in [0.4, 0.5) is 11.5 Å². The fourth-order valence-electron chi connectivity index (χ4n) is 3.14. The number of rotatable bonds is 9. The Balaban J connectivity index is 2.39. The van der Waals surface area contributed by atoms with E-state index in [-0.39, 0.29) is 24.0 Å². The van der Waals surface area contributed by atoms with Crippen molar-refractivity contribution in [3.05, 3.63) is 50.2 Å². The van der Waals surface area contributed by atoms with Crippen LogP contribution in [-0.2, 0) is 11.3 Å². The molecule has 0 aliphatic carbocycles. The lowest BCUT2D eigenvalue weighted by Gasteiger charge is -2.25. The average molecular weight is 417 g/mol. The number of carbonyl (C=O) groups excluding carboxylic acids is 1. The number of ether oxygens (including phenoxy) is 1. The number of nitrogens with two attached hydrogens (primary N) is 1. The standard InChI is InChI=1S/C22H32N4O4/c1-6-7-10-25(18(27)13-30-17-11-15(4)8-9-16(17)5)19-20(23)26(12-14(2)3)22(29)24-21(19)28/h8-9,11,14H,6-7,10,12-13,23H2,1-5H3,(H,24,28,29). The summed E-state index contributed by atoms with van der Waals surface area (Å²) in [5.41, 5.74) is 6.88. The lowest BCUT2D eigenvalue weighted by Crippen LogP contribution is -2.43. The van der Waals surface area contributed by atoms with Crippen molar-refractivity contribution in [3.8, 4) is 5.75 Å². The van der Waals surface area contributed by atoms with E-state index in [2.05, 4.69) is 4.98 Å². The minimum Gasteiger partial charge on any atom is -0.483 e. The van der Waals surface area contributed by atoms with E-state index < -0.39 is 17.2 Å². The molecule has 0 fully saturated rings. The van der Waals surface area contributed by atoms with Crippen molar-refractivity contribution in [1.82, 2.24) is 9.55 Å². The zero-order chi connectivity index (χ0) is 22.4. The maximum absolute atomic E-state index is 13.0. The Hall–Kier alpha value is -3.03. The van der Waals surface area contributed by atoms with Crippen molar-refractivity contribution in [2.45, 2.75) is 54.0 Å². The van der Waals surface area contributed by atoms with E-state index in [4.69, 9.17) is 10.5 Å². The molecule has 164 valence electrons. The van der Waals surface area contributed by atoms with E-state index >= 15 is 0 Å². The number of nitrogens with zero attached hydrogens (tertiary/aromatic N) is 2. The third-order valence-corrected chi connectivity index (χ3v) is 4.76. The number of carbonyl (C=O) groups is 1. The summed E-state index contributed by atoms with van der Waals surface area (Å²) < 4.78 is 7.05. The third kappa shape index (κ3) is 5.52. The van der Waals surface area contributed by atoms with E-state index in [1.807, 2.05) is 52.8 Å². The molecule has 2 aromatic rings. The Morgan fingerprint density at radius 3 is 2.60 bits per heavy atom. The number of nitrogen functional groups attached to an aromatic ring is 1. The number of amides is 1. The summed E-state index contributed by atoms with van der Waals surface area (Å²) in [5.74, 6) is 0.353. The van der Waals surface area contributed by atoms with Gasteiger partial charge < -0.3 is 15.4 Å². The van der Waals surface area contributed by atoms with Crippen LogP contribution in [0.1, 0.15) is 44.7 Å². The van der Waals surface area contributed by atoms with Gasteiger partial charge >= 0.3 is 5.69 Å². The maximum Gasteiger partial charge on any atom is 0.330 e. The molecule has 30 heavy (non-hydrogen) atoms. The Morgan fingerprint density at radius 1 is 1.27 bits per heavy atom. The number of aromatic amines is 1. The number of hydrogen-bond acceptors (Lipinski definition) is 5. The van der Waals surface area contributed by atoms with Crippen LogP contribution >= 0.6 is 0 Å². The van der Waals surface area contributed by atoms with Crippen LogP contribution in [0, 0.1) is 19.8 Å². The molecule has 2 rings (SSSR count). The molecule has 0 saturated carbocycles. The van der Waals surface area contributed by atoms with E-state index in [0.717, 1.165) is 17.5 Å². The summed E-state index contributed by atoms with van der Waals surface area (Å²) in [6.45, 7) is 10.1. The molecule has 1 heterocycles. The van der Waals surface area contributed by atoms with Crippen LogP contribution in [0.3, 0.4) is 0 Å². The molecule has 8 heteroatoms. The molecule has 1 aromatic carbocycles. The van der Waals surface area contributed by atoms with Gasteiger partial charge in [0.1, 0.15) is 11.6 Å². The van der Waals surface area contributed by atoms with Crippen LogP contribution in [0.2, 0.25) is 0 Å². The van der Waals surface area contributed by atoms with Crippen molar-refractivity contribution < 1.29 is 9.53 Å². The quantitative estimate of drug-likeness (QED) is 0.653. The Bertz CT molecular complexity index is 1010. The van der Waals surface area contributed by atoms with Crippen LogP contribution in [0.15, 0.2) is 27.8 Å². The number of aryl methyl sites for hydroxylation is 2. The van der Waals surface area contributed by atoms with Gasteiger partial charge in [-0.3, -0.25) is 19.1 Å². The number of benzene rings is 1. The summed E-state index contributed by atoms with van der Waals surface area (Å²) in [4.78, 5) is 41.5. The predicted molar refractivity (Wildman–Crippen MR) is 119 cm³/mol. The normalized spacial score (nSPS) is 11.0. The van der Waals surface area contributed by atoms with Crippen molar-refractivity contribution in [2.24, 2.45) is 5.92 Å². The van der Waals surface area contributed by atoms with E-state index in [0.29, 0.717) is 25.3 Å². The third-order valence-electron chi connectivity index (χ3n) is 4.76. The largest absolute Gasteiger partial charge is 0.483 e. The summed E-state index contributed by atoms with van der Waals surface area (Å²) in [5, 5.41) is 0. The Morgan fingerprint density at radius 2 is 1.97 bits per heavy atom. The molecule has 0 spiro atoms. The van der Waals surface area contributed by atoms with Gasteiger partial charge in [-0.2, -0.15) is 0 Å². The molecule has 0 unspecified atom stereocenters. The molecule has 0 aliphatic rings. The van der Waals surface area contributed by atoms with Gasteiger partial charge in [-0.1, -0.05) is 39.3 Å². The number of aromatic nitrogens is 2. The molecular weight excluding hydrogens is 384 g/mol. The molecule has 3 N–H and O–H groups in total. The molecule has 0 atom stereocenters. The first-order valence-electron chi connectivity index (χ1n) is 10.3. The zero-order valence-electron chi connectivity index (χ0n) is 18.4. The molecule has 1 amide bonds. The number of unbranched alkanes of at least 4 members (excludes halogenated alkanes) is 1. The second-order valence-corrected chi connectivity index (χ2v) is 7.95. The lowest BCUT2D eigenvalue weighted by molar-refractivity contribution is -0.120. The van der Waals surface area contributed by atoms with Gasteiger partial charge in [0.2, 0.25) is 0 Å². The first kappa shape index (κ1) is 23.3. The lowest BCUT2D eigenvalue weighted by atomic mass is 10.1. The number of H-pyrrole nitrogens is 1. The molecule has 1 aromatic heterocycles. The molecule has 0 saturated heterocycles. The zero-order valence-corrected chi connectivity index (χ0v) is 18.4. The van der Waals surface area contributed by atoms with Gasteiger partial charge in [-0.25, -0.2) is 4.79 Å². The van der Waals surface area contributed by atoms with Crippen LogP contribution in [0.25, 0.3) is 0 Å². The van der Waals surface area contributed by atoms with Gasteiger partial charge in [-0.05, 0) is 43.4 Å². The minimum atomic E-state index is -0.673. The summed E-state index contributed by atoms with van der Waals surface area (Å²) in [7, 11) is 0. The van der Waals surface area contributed by atoms with Gasteiger partial charge in [0.05, 0.1) is 0 Å². The van der Waals surface area contributed by atoms with Gasteiger partial charge in [0.25, 0.3) is 11.5 Å². The first-order chi connectivity index (χ1) is 14.1. The van der Waals surface area contributed by atoms with Gasteiger partial charge in [0.15, 0.2) is 12.3 Å². The van der Waals surface area contributed by atoms with Crippen LogP contribution in [-0.4, -0.2) is 28.6 Å². The van der Waals surface area contributed by atoms with Crippen LogP contribution in [0.5, 0.6) is 5.75 Å². The minimum absolute atomic E-state index is 0.00161. The van der Waals surface area contributed by atoms with Gasteiger partial charge in [0, 0.05) is 13.1 Å². The topological polar surface area (TPSA) is 110 Å². The molecule has 8 nitrogen and oxygen atoms in total. The maximum atomic E-state index is 13.0. The van der Waals surface area contributed by atoms with Crippen molar-refractivity contribution in [1.29, 1.82) is 0 Å². The van der Waals surface area contributed by atoms with E-state index in [1.165, 1.54) is 9.47 Å². The average Bonchev–Trinajstić information content (AvgIpc) is 2.67. The highest BCUT2D eigenvalue weighted by Crippen LogP contribution is 2.21. The second kappa shape index (κ2) is 10.1. The summed E-state index contributed by atoms with van der Waals surface area (Å²) >= 11 is 0. The van der Waals surface area contributed by atoms with Crippen molar-refractivity contribution in [3.63, 3.8) is 0 Å². The Labute approximate surface area is 176 Å². The molecular formula is C22H32N4O4. The number of nitrogens with one attached hydrogen (secondary N) is 1. The van der Waals surface area contributed by atoms with E-state index in [1.54, 1.807) is 0 Å². The van der Waals surface area contributed by atoms with Crippen molar-refractivity contribution >= 4 is 17.4 Å². The smallest absolute Gasteiger partial charge is 0.330 e. The number of hydrogen-bond donors (Lipinski definition) is 2. The molecule has 0 radical (unpaired) electrons. The fourth-order valence-corrected chi connectivity index (χ4v) is 3.14. The van der Waals surface area contributed by atoms with Crippen LogP contribution < -0.4 is 26.6 Å². The summed E-state index contributed by atoms with van der Waals surface area (Å²) in [6, 6.07) is 5.76. The summed E-state index contributed by atoms with van der Waals surface area (Å²) in [6.07, 6.45) is 1.50. The molecule has 0 bridgehead atoms.